The number of benzene rings is 3. The van der Waals surface area contributed by atoms with E-state index in [2.05, 4.69) is 99.8 Å². The van der Waals surface area contributed by atoms with Crippen LogP contribution in [-0.4, -0.2) is 15.8 Å². The summed E-state index contributed by atoms with van der Waals surface area (Å²) in [5, 5.41) is 10.6. The van der Waals surface area contributed by atoms with E-state index in [4.69, 9.17) is 21.7 Å². The summed E-state index contributed by atoms with van der Waals surface area (Å²) >= 11 is 10.3. The van der Waals surface area contributed by atoms with Crippen LogP contribution in [0.4, 0.5) is 0 Å². The van der Waals surface area contributed by atoms with Gasteiger partial charge in [-0.15, -0.1) is 0 Å². The predicted octanol–water partition coefficient (Wildman–Crippen LogP) is 11.5. The summed E-state index contributed by atoms with van der Waals surface area (Å²) in [5.74, 6) is 1.76. The minimum atomic E-state index is 0.307. The van der Waals surface area contributed by atoms with Crippen LogP contribution in [0, 0.1) is 5.41 Å². The molecule has 1 heterocycles. The van der Waals surface area contributed by atoms with Gasteiger partial charge in [-0.25, -0.2) is 4.98 Å². The molecule has 1 saturated carbocycles. The highest BCUT2D eigenvalue weighted by Gasteiger charge is 2.41. The molecule has 1 aliphatic rings. The van der Waals surface area contributed by atoms with Crippen molar-refractivity contribution in [1.82, 2.24) is 4.98 Å². The van der Waals surface area contributed by atoms with Crippen LogP contribution in [0.25, 0.3) is 23.1 Å². The molecule has 4 heteroatoms. The van der Waals surface area contributed by atoms with E-state index >= 15 is 0 Å². The minimum absolute atomic E-state index is 0.307. The number of nitrogens with zero attached hydrogens (tertiary/aromatic N) is 1. The molecule has 1 aliphatic carbocycles. The molecule has 0 amide bonds. The summed E-state index contributed by atoms with van der Waals surface area (Å²) in [5.41, 5.74) is 7.72. The molecule has 0 unspecified atom stereocenters. The topological polar surface area (TPSA) is 33.1 Å². The molecule has 0 aliphatic heterocycles. The lowest BCUT2D eigenvalue weighted by molar-refractivity contribution is 0.355. The van der Waals surface area contributed by atoms with Crippen LogP contribution >= 0.6 is 24.2 Å². The molecule has 0 bridgehead atoms. The van der Waals surface area contributed by atoms with Crippen molar-refractivity contribution >= 4 is 47.3 Å². The molecule has 0 spiro atoms. The number of rotatable bonds is 10. The van der Waals surface area contributed by atoms with E-state index in [1.54, 1.807) is 0 Å². The maximum atomic E-state index is 8.83. The summed E-state index contributed by atoms with van der Waals surface area (Å²) in [4.78, 5) is 4.71. The fraction of sp³-hybridized carbons (Fsp3) is 0.342. The zero-order chi connectivity index (χ0) is 30.5. The summed E-state index contributed by atoms with van der Waals surface area (Å²) in [6, 6.07) is 27.6. The average molecular weight is 600 g/mol. The third-order valence-corrected chi connectivity index (χ3v) is 8.44. The van der Waals surface area contributed by atoms with Crippen molar-refractivity contribution in [2.45, 2.75) is 72.1 Å². The Morgan fingerprint density at radius 1 is 0.976 bits per heavy atom. The number of aliphatic hydroxyl groups excluding tert-OH is 1. The number of allylic oxidation sites excluding steroid dienone is 1. The maximum absolute atomic E-state index is 8.83. The minimum Gasteiger partial charge on any atom is -0.513 e. The summed E-state index contributed by atoms with van der Waals surface area (Å²) in [7, 11) is 0. The van der Waals surface area contributed by atoms with Crippen molar-refractivity contribution in [3.05, 3.63) is 124 Å². The molecule has 1 N–H and O–H groups in total. The third kappa shape index (κ3) is 10.4. The van der Waals surface area contributed by atoms with E-state index in [-0.39, 0.29) is 0 Å². The summed E-state index contributed by atoms with van der Waals surface area (Å²) in [6.07, 6.45) is 10.7. The fourth-order valence-electron chi connectivity index (χ4n) is 5.04. The molecule has 5 rings (SSSR count). The zero-order valence-electron chi connectivity index (χ0n) is 25.6. The summed E-state index contributed by atoms with van der Waals surface area (Å²) < 4.78 is 0. The van der Waals surface area contributed by atoms with Gasteiger partial charge in [-0.2, -0.15) is 12.6 Å². The highest BCUT2D eigenvalue weighted by atomic mass is 35.5. The molecule has 1 aromatic heterocycles. The Bertz CT molecular complexity index is 1470. The average Bonchev–Trinajstić information content (AvgIpc) is 3.77. The van der Waals surface area contributed by atoms with E-state index in [1.165, 1.54) is 35.1 Å². The Labute approximate surface area is 264 Å². The zero-order valence-corrected chi connectivity index (χ0v) is 27.3. The number of halogens is 1. The maximum Gasteiger partial charge on any atom is 0.0856 e. The van der Waals surface area contributed by atoms with Gasteiger partial charge in [0, 0.05) is 16.8 Å². The van der Waals surface area contributed by atoms with Gasteiger partial charge < -0.3 is 5.11 Å². The number of aliphatic hydroxyl groups is 1. The standard InChI is InChI=1S/C29H28ClN.C7H12OS.C2H6/c1-21(2)28-12-4-3-10-24(28)11-6-9-22-7-5-8-23(19-22)13-17-27-18-15-25-14-16-26(30)20-29(25)31-27;1-6(8)4-7(5-9)2-3-7;1-2/h3-5,7-8,10,12-21H,6,9,11H2,1-2H3;8-9H,1-5H2;1-2H3/b17-13+;;. The number of hydrogen-bond donors (Lipinski definition) is 2. The molecule has 3 aromatic carbocycles. The van der Waals surface area contributed by atoms with E-state index in [1.807, 2.05) is 38.1 Å². The molecule has 0 saturated heterocycles. The van der Waals surface area contributed by atoms with Gasteiger partial charge in [0.15, 0.2) is 0 Å². The van der Waals surface area contributed by atoms with Crippen LogP contribution in [-0.2, 0) is 12.8 Å². The van der Waals surface area contributed by atoms with E-state index in [0.717, 1.165) is 48.0 Å². The molecule has 4 aromatic rings. The first-order chi connectivity index (χ1) is 20.3. The molecular formula is C38H46ClNOS. The van der Waals surface area contributed by atoms with Gasteiger partial charge in [0.25, 0.3) is 0 Å². The van der Waals surface area contributed by atoms with Crippen LogP contribution in [0.5, 0.6) is 0 Å². The van der Waals surface area contributed by atoms with Crippen LogP contribution in [0.1, 0.15) is 87.2 Å². The first kappa shape index (κ1) is 33.5. The van der Waals surface area contributed by atoms with Gasteiger partial charge >= 0.3 is 0 Å². The number of pyridine rings is 1. The second-order valence-corrected chi connectivity index (χ2v) is 12.0. The van der Waals surface area contributed by atoms with Gasteiger partial charge in [-0.1, -0.05) is 113 Å². The molecule has 42 heavy (non-hydrogen) atoms. The van der Waals surface area contributed by atoms with Gasteiger partial charge in [0.1, 0.15) is 0 Å². The Morgan fingerprint density at radius 2 is 1.71 bits per heavy atom. The highest BCUT2D eigenvalue weighted by molar-refractivity contribution is 7.80. The normalized spacial score (nSPS) is 13.3. The Morgan fingerprint density at radius 3 is 2.38 bits per heavy atom. The largest absolute Gasteiger partial charge is 0.513 e. The molecule has 222 valence electrons. The van der Waals surface area contributed by atoms with E-state index in [0.29, 0.717) is 22.1 Å². The first-order valence-corrected chi connectivity index (χ1v) is 16.2. The second-order valence-electron chi connectivity index (χ2n) is 11.3. The first-order valence-electron chi connectivity index (χ1n) is 15.2. The van der Waals surface area contributed by atoms with Crippen molar-refractivity contribution in [2.75, 3.05) is 5.75 Å². The fourth-order valence-corrected chi connectivity index (χ4v) is 5.64. The lowest BCUT2D eigenvalue weighted by Gasteiger charge is -2.12. The van der Waals surface area contributed by atoms with Gasteiger partial charge in [0.2, 0.25) is 0 Å². The van der Waals surface area contributed by atoms with Gasteiger partial charge in [0.05, 0.1) is 17.0 Å². The Balaban J connectivity index is 0.000000373. The predicted molar refractivity (Wildman–Crippen MR) is 188 cm³/mol. The monoisotopic (exact) mass is 599 g/mol. The lowest BCUT2D eigenvalue weighted by Crippen LogP contribution is -2.02. The van der Waals surface area contributed by atoms with Crippen LogP contribution in [0.2, 0.25) is 5.02 Å². The quantitative estimate of drug-likeness (QED) is 0.140. The van der Waals surface area contributed by atoms with Gasteiger partial charge in [-0.3, -0.25) is 0 Å². The van der Waals surface area contributed by atoms with Crippen molar-refractivity contribution in [1.29, 1.82) is 0 Å². The van der Waals surface area contributed by atoms with Crippen LogP contribution < -0.4 is 0 Å². The molecule has 0 atom stereocenters. The number of thiol groups is 1. The Kier molecular flexibility index (Phi) is 13.2. The van der Waals surface area contributed by atoms with Crippen LogP contribution in [0.3, 0.4) is 0 Å². The molecule has 0 radical (unpaired) electrons. The van der Waals surface area contributed by atoms with E-state index < -0.39 is 0 Å². The third-order valence-electron chi connectivity index (χ3n) is 7.53. The lowest BCUT2D eigenvalue weighted by atomic mass is 9.93. The van der Waals surface area contributed by atoms with Crippen molar-refractivity contribution in [2.24, 2.45) is 5.41 Å². The van der Waals surface area contributed by atoms with Crippen molar-refractivity contribution in [3.8, 4) is 0 Å². The van der Waals surface area contributed by atoms with Crippen molar-refractivity contribution in [3.63, 3.8) is 0 Å². The van der Waals surface area contributed by atoms with Gasteiger partial charge in [-0.05, 0) is 95.7 Å². The second kappa shape index (κ2) is 16.6. The Hall–Kier alpha value is -3.01. The number of aryl methyl sites for hydroxylation is 2. The number of fused-ring (bicyclic) bond motifs is 1. The number of aromatic nitrogens is 1. The molecule has 2 nitrogen and oxygen atoms in total. The smallest absolute Gasteiger partial charge is 0.0856 e. The SMILES string of the molecule is C=C(O)CC1(CS)CC1.CC.CC(C)c1ccccc1CCCc1cccc(/C=C/c2ccc3ccc(Cl)cc3n2)c1. The van der Waals surface area contributed by atoms with Crippen molar-refractivity contribution < 1.29 is 5.11 Å². The van der Waals surface area contributed by atoms with E-state index in [9.17, 15) is 0 Å². The molecule has 1 fully saturated rings. The molecular weight excluding hydrogens is 554 g/mol. The van der Waals surface area contributed by atoms with Crippen LogP contribution in [0.15, 0.2) is 91.2 Å². The highest BCUT2D eigenvalue weighted by Crippen LogP contribution is 2.50. The summed E-state index contributed by atoms with van der Waals surface area (Å²) in [6.45, 7) is 12.0. The number of hydrogen-bond acceptors (Lipinski definition) is 3.